The Morgan fingerprint density at radius 3 is 2.40 bits per heavy atom. The molecular formula is C26H29FN6OS. The third-order valence-corrected chi connectivity index (χ3v) is 8.10. The lowest BCUT2D eigenvalue weighted by Crippen LogP contribution is -2.55. The minimum absolute atomic E-state index is 0.0247. The first kappa shape index (κ1) is 22.7. The Kier molecular flexibility index (Phi) is 6.06. The second-order valence-electron chi connectivity index (χ2n) is 9.84. The summed E-state index contributed by atoms with van der Waals surface area (Å²) in [4.78, 5) is 11.2. The minimum Gasteiger partial charge on any atom is -0.507 e. The third kappa shape index (κ3) is 4.59. The average molecular weight is 493 g/mol. The highest BCUT2D eigenvalue weighted by atomic mass is 32.2. The molecule has 7 nitrogen and oxygen atoms in total. The fourth-order valence-electron chi connectivity index (χ4n) is 5.63. The number of anilines is 1. The molecule has 0 spiro atoms. The van der Waals surface area contributed by atoms with Gasteiger partial charge in [-0.2, -0.15) is 0 Å². The number of hydrogen-bond donors (Lipinski definition) is 2. The van der Waals surface area contributed by atoms with Crippen LogP contribution in [-0.4, -0.2) is 55.7 Å². The van der Waals surface area contributed by atoms with Gasteiger partial charge in [-0.15, -0.1) is 22.0 Å². The molecule has 3 aromatic rings. The van der Waals surface area contributed by atoms with Crippen LogP contribution >= 0.6 is 11.8 Å². The number of fused-ring (bicyclic) bond motifs is 2. The molecule has 2 N–H and O–H groups in total. The zero-order valence-corrected chi connectivity index (χ0v) is 20.5. The Morgan fingerprint density at radius 2 is 1.77 bits per heavy atom. The molecule has 4 heterocycles. The lowest BCUT2D eigenvalue weighted by Gasteiger charge is -2.45. The Morgan fingerprint density at radius 1 is 0.971 bits per heavy atom. The molecule has 3 atom stereocenters. The first-order valence-electron chi connectivity index (χ1n) is 12.4. The molecule has 2 aliphatic heterocycles. The van der Waals surface area contributed by atoms with Gasteiger partial charge in [0, 0.05) is 35.9 Å². The Labute approximate surface area is 208 Å². The van der Waals surface area contributed by atoms with E-state index in [2.05, 4.69) is 30.4 Å². The molecule has 1 aliphatic carbocycles. The van der Waals surface area contributed by atoms with E-state index in [1.165, 1.54) is 49.9 Å². The third-order valence-electron chi connectivity index (χ3n) is 7.41. The highest BCUT2D eigenvalue weighted by Gasteiger charge is 2.40. The number of aromatic nitrogens is 4. The van der Waals surface area contributed by atoms with Crippen molar-refractivity contribution in [2.45, 2.75) is 74.1 Å². The summed E-state index contributed by atoms with van der Waals surface area (Å²) in [6, 6.07) is 8.78. The molecule has 35 heavy (non-hydrogen) atoms. The van der Waals surface area contributed by atoms with Gasteiger partial charge in [0.15, 0.2) is 17.5 Å². The van der Waals surface area contributed by atoms with Gasteiger partial charge in [0.25, 0.3) is 0 Å². The van der Waals surface area contributed by atoms with Crippen molar-refractivity contribution < 1.29 is 9.50 Å². The number of benzene rings is 1. The van der Waals surface area contributed by atoms with E-state index in [9.17, 15) is 9.50 Å². The van der Waals surface area contributed by atoms with Crippen LogP contribution in [0.15, 0.2) is 41.7 Å². The Bertz CT molecular complexity index is 1210. The molecule has 0 unspecified atom stereocenters. The molecule has 9 heteroatoms. The molecule has 2 aromatic heterocycles. The lowest BCUT2D eigenvalue weighted by atomic mass is 9.83. The number of thioether (sulfide) groups is 1. The van der Waals surface area contributed by atoms with Gasteiger partial charge in [0.05, 0.1) is 11.8 Å². The predicted octanol–water partition coefficient (Wildman–Crippen LogP) is 4.81. The summed E-state index contributed by atoms with van der Waals surface area (Å²) in [5, 5.41) is 23.8. The van der Waals surface area contributed by atoms with Crippen LogP contribution < -0.4 is 10.2 Å². The smallest absolute Gasteiger partial charge is 0.185 e. The normalized spacial score (nSPS) is 23.8. The topological polar surface area (TPSA) is 87.1 Å². The van der Waals surface area contributed by atoms with E-state index in [1.807, 2.05) is 6.07 Å². The molecule has 3 aliphatic rings. The maximum absolute atomic E-state index is 14.2. The van der Waals surface area contributed by atoms with E-state index in [0.717, 1.165) is 18.7 Å². The van der Waals surface area contributed by atoms with Crippen molar-refractivity contribution in [2.24, 2.45) is 0 Å². The van der Waals surface area contributed by atoms with E-state index < -0.39 is 0 Å². The van der Waals surface area contributed by atoms with Gasteiger partial charge in [0.2, 0.25) is 0 Å². The van der Waals surface area contributed by atoms with Gasteiger partial charge in [-0.25, -0.2) is 14.4 Å². The maximum atomic E-state index is 14.2. The van der Waals surface area contributed by atoms with Crippen molar-refractivity contribution in [3.8, 4) is 28.3 Å². The van der Waals surface area contributed by atoms with E-state index in [0.29, 0.717) is 51.7 Å². The molecule has 182 valence electrons. The molecule has 0 amide bonds. The van der Waals surface area contributed by atoms with Crippen LogP contribution in [0.1, 0.15) is 44.9 Å². The van der Waals surface area contributed by atoms with Crippen molar-refractivity contribution in [2.75, 3.05) is 11.2 Å². The summed E-state index contributed by atoms with van der Waals surface area (Å²) in [6.07, 6.45) is 13.7. The number of halogens is 1. The largest absolute Gasteiger partial charge is 0.507 e. The summed E-state index contributed by atoms with van der Waals surface area (Å²) in [5.41, 5.74) is 1.77. The summed E-state index contributed by atoms with van der Waals surface area (Å²) < 4.78 is 14.2. The summed E-state index contributed by atoms with van der Waals surface area (Å²) in [5.74, 6) is 0.849. The SMILES string of the molecule is CSc1ncc(-c2ccc(-c3ncc(N(C4CC4)[C@@H]4C[C@H]5CCC[C@@H](C4)N5)nn3)c(O)c2)cc1F. The number of nitrogens with one attached hydrogen (secondary N) is 1. The minimum atomic E-state index is -0.376. The van der Waals surface area contributed by atoms with Crippen LogP contribution in [0.2, 0.25) is 0 Å². The lowest BCUT2D eigenvalue weighted by molar-refractivity contribution is 0.215. The quantitative estimate of drug-likeness (QED) is 0.474. The fraction of sp³-hybridized carbons (Fsp3) is 0.462. The first-order valence-corrected chi connectivity index (χ1v) is 13.6. The zero-order valence-electron chi connectivity index (χ0n) is 19.7. The van der Waals surface area contributed by atoms with Crippen molar-refractivity contribution in [3.63, 3.8) is 0 Å². The van der Waals surface area contributed by atoms with Crippen LogP contribution in [-0.2, 0) is 0 Å². The summed E-state index contributed by atoms with van der Waals surface area (Å²) in [6.45, 7) is 0. The molecule has 3 fully saturated rings. The van der Waals surface area contributed by atoms with E-state index >= 15 is 0 Å². The number of hydrogen-bond acceptors (Lipinski definition) is 8. The second kappa shape index (κ2) is 9.35. The van der Waals surface area contributed by atoms with Crippen LogP contribution in [0, 0.1) is 5.82 Å². The van der Waals surface area contributed by atoms with Gasteiger partial charge in [-0.1, -0.05) is 12.5 Å². The number of phenols is 1. The monoisotopic (exact) mass is 492 g/mol. The molecule has 1 aromatic carbocycles. The molecule has 2 bridgehead atoms. The standard InChI is InChI=1S/C26H29FN6OS/c1-35-26-22(27)9-16(13-29-26)15-5-8-21(23(34)10-15)25-28-14-24(31-32-25)33(19-6-7-19)20-11-17-3-2-4-18(12-20)30-17/h5,8-10,13-14,17-20,30,34H,2-4,6-7,11-12H2,1H3/t17-,18+,20-. The van der Waals surface area contributed by atoms with E-state index in [4.69, 9.17) is 0 Å². The van der Waals surface area contributed by atoms with Crippen LogP contribution in [0.25, 0.3) is 22.5 Å². The number of phenolic OH excluding ortho intramolecular Hbond substituents is 1. The van der Waals surface area contributed by atoms with Gasteiger partial charge in [0.1, 0.15) is 10.8 Å². The number of aromatic hydroxyl groups is 1. The number of piperidine rings is 2. The van der Waals surface area contributed by atoms with Gasteiger partial charge in [-0.05, 0) is 68.5 Å². The highest BCUT2D eigenvalue weighted by Crippen LogP contribution is 2.38. The molecule has 0 radical (unpaired) electrons. The van der Waals surface area contributed by atoms with Crippen molar-refractivity contribution >= 4 is 17.6 Å². The Hall–Kier alpha value is -2.78. The molecule has 6 rings (SSSR count). The van der Waals surface area contributed by atoms with Crippen molar-refractivity contribution in [1.29, 1.82) is 0 Å². The average Bonchev–Trinajstić information content (AvgIpc) is 3.70. The number of rotatable bonds is 6. The maximum Gasteiger partial charge on any atom is 0.185 e. The number of nitrogens with zero attached hydrogens (tertiary/aromatic N) is 5. The van der Waals surface area contributed by atoms with Gasteiger partial charge < -0.3 is 15.3 Å². The second-order valence-corrected chi connectivity index (χ2v) is 10.6. The van der Waals surface area contributed by atoms with Crippen molar-refractivity contribution in [3.05, 3.63) is 42.5 Å². The highest BCUT2D eigenvalue weighted by molar-refractivity contribution is 7.98. The summed E-state index contributed by atoms with van der Waals surface area (Å²) in [7, 11) is 0. The zero-order chi connectivity index (χ0) is 23.9. The predicted molar refractivity (Wildman–Crippen MR) is 135 cm³/mol. The van der Waals surface area contributed by atoms with Crippen molar-refractivity contribution in [1.82, 2.24) is 25.5 Å². The molecule has 2 saturated heterocycles. The molecule has 1 saturated carbocycles. The van der Waals surface area contributed by atoms with Gasteiger partial charge >= 0.3 is 0 Å². The summed E-state index contributed by atoms with van der Waals surface area (Å²) >= 11 is 1.26. The fourth-order valence-corrected chi connectivity index (χ4v) is 6.04. The van der Waals surface area contributed by atoms with E-state index in [1.54, 1.807) is 30.8 Å². The van der Waals surface area contributed by atoms with Gasteiger partial charge in [-0.3, -0.25) is 0 Å². The number of pyridine rings is 1. The molecular weight excluding hydrogens is 463 g/mol. The van der Waals surface area contributed by atoms with E-state index in [-0.39, 0.29) is 11.6 Å². The van der Waals surface area contributed by atoms with Crippen LogP contribution in [0.3, 0.4) is 0 Å². The van der Waals surface area contributed by atoms with Crippen LogP contribution in [0.4, 0.5) is 10.2 Å². The van der Waals surface area contributed by atoms with Crippen LogP contribution in [0.5, 0.6) is 5.75 Å². The first-order chi connectivity index (χ1) is 17.1. The Balaban J connectivity index is 1.23.